The molecule has 9 nitrogen and oxygen atoms in total. The maximum Gasteiger partial charge on any atom is 0.408 e. The van der Waals surface area contributed by atoms with E-state index in [1.807, 2.05) is 13.8 Å². The summed E-state index contributed by atoms with van der Waals surface area (Å²) in [6.07, 6.45) is 2.62. The summed E-state index contributed by atoms with van der Waals surface area (Å²) in [4.78, 5) is 47.8. The van der Waals surface area contributed by atoms with E-state index in [1.54, 1.807) is 27.7 Å². The van der Waals surface area contributed by atoms with E-state index >= 15 is 0 Å². The highest BCUT2D eigenvalue weighted by Crippen LogP contribution is 2.28. The van der Waals surface area contributed by atoms with Crippen LogP contribution in [0, 0.1) is 17.8 Å². The first-order chi connectivity index (χ1) is 14.3. The summed E-state index contributed by atoms with van der Waals surface area (Å²) in [5.41, 5.74) is -0.634. The van der Waals surface area contributed by atoms with Crippen molar-refractivity contribution in [2.45, 2.75) is 91.3 Å². The first kappa shape index (κ1) is 26.7. The maximum absolute atomic E-state index is 12.5. The normalized spacial score (nSPS) is 21.0. The van der Waals surface area contributed by atoms with Gasteiger partial charge in [-0.05, 0) is 71.6 Å². The maximum atomic E-state index is 12.5. The molecule has 4 N–H and O–H groups in total. The van der Waals surface area contributed by atoms with Crippen LogP contribution >= 0.6 is 0 Å². The molecule has 1 saturated carbocycles. The predicted molar refractivity (Wildman–Crippen MR) is 116 cm³/mol. The molecule has 31 heavy (non-hydrogen) atoms. The van der Waals surface area contributed by atoms with Crippen LogP contribution in [0.4, 0.5) is 4.79 Å². The number of aliphatic carboxylic acids is 1. The van der Waals surface area contributed by atoms with E-state index in [-0.39, 0.29) is 29.6 Å². The molecule has 0 aromatic rings. The van der Waals surface area contributed by atoms with Gasteiger partial charge in [-0.15, -0.1) is 0 Å². The van der Waals surface area contributed by atoms with Crippen molar-refractivity contribution in [3.8, 4) is 0 Å². The van der Waals surface area contributed by atoms with Crippen LogP contribution in [0.25, 0.3) is 0 Å². The van der Waals surface area contributed by atoms with Gasteiger partial charge in [0, 0.05) is 12.5 Å². The van der Waals surface area contributed by atoms with E-state index in [0.29, 0.717) is 25.8 Å². The average Bonchev–Trinajstić information content (AvgIpc) is 2.63. The Bertz CT molecular complexity index is 636. The standard InChI is InChI=1S/C22H39N3O6/c1-13(2)11-17(20(28)29)25-19(27)16-9-7-15(8-10-16)12-23-18(26)14(3)24-21(30)31-22(4,5)6/h13-17H,7-12H2,1-6H3,(H,23,26)(H,24,30)(H,25,27)(H,28,29)/t14-,15?,16?,17+/m1/s1. The molecule has 3 amide bonds. The molecular formula is C22H39N3O6. The number of nitrogens with one attached hydrogen (secondary N) is 3. The van der Waals surface area contributed by atoms with Crippen molar-refractivity contribution in [1.82, 2.24) is 16.0 Å². The van der Waals surface area contributed by atoms with Crippen molar-refractivity contribution in [3.05, 3.63) is 0 Å². The minimum Gasteiger partial charge on any atom is -0.480 e. The molecule has 1 fully saturated rings. The Kier molecular flexibility index (Phi) is 10.3. The molecule has 1 aliphatic carbocycles. The van der Waals surface area contributed by atoms with E-state index in [9.17, 15) is 24.3 Å². The Labute approximate surface area is 185 Å². The summed E-state index contributed by atoms with van der Waals surface area (Å²) in [5, 5.41) is 17.3. The van der Waals surface area contributed by atoms with Crippen LogP contribution in [0.1, 0.15) is 73.6 Å². The lowest BCUT2D eigenvalue weighted by Gasteiger charge is -2.29. The zero-order valence-electron chi connectivity index (χ0n) is 19.6. The van der Waals surface area contributed by atoms with Gasteiger partial charge >= 0.3 is 12.1 Å². The lowest BCUT2D eigenvalue weighted by molar-refractivity contribution is -0.143. The summed E-state index contributed by atoms with van der Waals surface area (Å²) < 4.78 is 5.15. The fourth-order valence-electron chi connectivity index (χ4n) is 3.56. The van der Waals surface area contributed by atoms with Gasteiger partial charge in [0.2, 0.25) is 11.8 Å². The third kappa shape index (κ3) is 10.5. The van der Waals surface area contributed by atoms with E-state index in [2.05, 4.69) is 16.0 Å². The molecule has 0 aromatic carbocycles. The van der Waals surface area contributed by atoms with Crippen LogP contribution in [0.2, 0.25) is 0 Å². The molecule has 1 rings (SSSR count). The van der Waals surface area contributed by atoms with Crippen LogP contribution in [-0.4, -0.2) is 53.2 Å². The topological polar surface area (TPSA) is 134 Å². The SMILES string of the molecule is CC(C)C[C@H](NC(=O)C1CCC(CNC(=O)[C@@H](C)NC(=O)OC(C)(C)C)CC1)C(=O)O. The average molecular weight is 442 g/mol. The quantitative estimate of drug-likeness (QED) is 0.434. The molecule has 0 aromatic heterocycles. The van der Waals surface area contributed by atoms with E-state index in [0.717, 1.165) is 12.8 Å². The molecule has 178 valence electrons. The highest BCUT2D eigenvalue weighted by molar-refractivity contribution is 5.85. The smallest absolute Gasteiger partial charge is 0.408 e. The van der Waals surface area contributed by atoms with Gasteiger partial charge < -0.3 is 25.8 Å². The Morgan fingerprint density at radius 2 is 1.58 bits per heavy atom. The number of ether oxygens (including phenoxy) is 1. The molecule has 9 heteroatoms. The van der Waals surface area contributed by atoms with Crippen molar-refractivity contribution < 1.29 is 29.0 Å². The number of amides is 3. The van der Waals surface area contributed by atoms with Crippen LogP contribution in [0.5, 0.6) is 0 Å². The monoisotopic (exact) mass is 441 g/mol. The molecule has 2 atom stereocenters. The Morgan fingerprint density at radius 3 is 2.06 bits per heavy atom. The number of carboxylic acid groups (broad SMARTS) is 1. The van der Waals surface area contributed by atoms with Gasteiger partial charge in [0.1, 0.15) is 17.7 Å². The van der Waals surface area contributed by atoms with Gasteiger partial charge in [0.15, 0.2) is 0 Å². The molecule has 0 bridgehead atoms. The Hall–Kier alpha value is -2.32. The zero-order valence-corrected chi connectivity index (χ0v) is 19.6. The highest BCUT2D eigenvalue weighted by atomic mass is 16.6. The predicted octanol–water partition coefficient (Wildman–Crippen LogP) is 2.44. The van der Waals surface area contributed by atoms with Crippen molar-refractivity contribution in [2.75, 3.05) is 6.54 Å². The van der Waals surface area contributed by atoms with Crippen LogP contribution in [-0.2, 0) is 19.1 Å². The highest BCUT2D eigenvalue weighted by Gasteiger charge is 2.30. The van der Waals surface area contributed by atoms with E-state index in [1.165, 1.54) is 0 Å². The first-order valence-corrected chi connectivity index (χ1v) is 11.1. The molecule has 0 unspecified atom stereocenters. The second-order valence-corrected chi connectivity index (χ2v) is 9.86. The third-order valence-corrected chi connectivity index (χ3v) is 5.23. The molecule has 0 spiro atoms. The Balaban J connectivity index is 2.38. The summed E-state index contributed by atoms with van der Waals surface area (Å²) >= 11 is 0. The van der Waals surface area contributed by atoms with Crippen LogP contribution in [0.3, 0.4) is 0 Å². The van der Waals surface area contributed by atoms with Crippen LogP contribution < -0.4 is 16.0 Å². The number of carbonyl (C=O) groups excluding carboxylic acids is 3. The lowest BCUT2D eigenvalue weighted by Crippen LogP contribution is -2.48. The summed E-state index contributed by atoms with van der Waals surface area (Å²) in [7, 11) is 0. The second-order valence-electron chi connectivity index (χ2n) is 9.86. The van der Waals surface area contributed by atoms with E-state index < -0.39 is 29.7 Å². The van der Waals surface area contributed by atoms with Gasteiger partial charge in [-0.1, -0.05) is 13.8 Å². The molecular weight excluding hydrogens is 402 g/mol. The van der Waals surface area contributed by atoms with Gasteiger partial charge in [-0.3, -0.25) is 9.59 Å². The number of carboxylic acids is 1. The second kappa shape index (κ2) is 11.9. The van der Waals surface area contributed by atoms with Crippen molar-refractivity contribution >= 4 is 23.9 Å². The van der Waals surface area contributed by atoms with Crippen LogP contribution in [0.15, 0.2) is 0 Å². The third-order valence-electron chi connectivity index (χ3n) is 5.23. The molecule has 0 saturated heterocycles. The largest absolute Gasteiger partial charge is 0.480 e. The van der Waals surface area contributed by atoms with Gasteiger partial charge in [-0.2, -0.15) is 0 Å². The number of hydrogen-bond donors (Lipinski definition) is 4. The summed E-state index contributed by atoms with van der Waals surface area (Å²) in [6, 6.07) is -1.57. The van der Waals surface area contributed by atoms with Gasteiger partial charge in [-0.25, -0.2) is 9.59 Å². The first-order valence-electron chi connectivity index (χ1n) is 11.1. The zero-order chi connectivity index (χ0) is 23.8. The van der Waals surface area contributed by atoms with Gasteiger partial charge in [0.25, 0.3) is 0 Å². The summed E-state index contributed by atoms with van der Waals surface area (Å²) in [6.45, 7) is 11.2. The number of hydrogen-bond acceptors (Lipinski definition) is 5. The number of alkyl carbamates (subject to hydrolysis) is 1. The molecule has 0 aliphatic heterocycles. The fraction of sp³-hybridized carbons (Fsp3) is 0.818. The minimum atomic E-state index is -1.01. The molecule has 0 radical (unpaired) electrons. The van der Waals surface area contributed by atoms with Gasteiger partial charge in [0.05, 0.1) is 0 Å². The minimum absolute atomic E-state index is 0.174. The van der Waals surface area contributed by atoms with E-state index in [4.69, 9.17) is 4.74 Å². The van der Waals surface area contributed by atoms with Crippen molar-refractivity contribution in [3.63, 3.8) is 0 Å². The lowest BCUT2D eigenvalue weighted by atomic mass is 9.81. The van der Waals surface area contributed by atoms with Crippen molar-refractivity contribution in [2.24, 2.45) is 17.8 Å². The number of rotatable bonds is 9. The Morgan fingerprint density at radius 1 is 1.00 bits per heavy atom. The fourth-order valence-corrected chi connectivity index (χ4v) is 3.56. The summed E-state index contributed by atoms with van der Waals surface area (Å²) in [5.74, 6) is -1.28. The number of carbonyl (C=O) groups is 4. The van der Waals surface area contributed by atoms with Crippen molar-refractivity contribution in [1.29, 1.82) is 0 Å². The molecule has 0 heterocycles. The molecule has 1 aliphatic rings.